The van der Waals surface area contributed by atoms with Gasteiger partial charge < -0.3 is 10.2 Å². The molecule has 0 atom stereocenters. The number of nitrogens with one attached hydrogen (secondary N) is 2. The molecule has 0 aliphatic carbocycles. The van der Waals surface area contributed by atoms with Crippen molar-refractivity contribution in [3.63, 3.8) is 0 Å². The molecule has 1 amide bonds. The Bertz CT molecular complexity index is 585. The first-order valence-corrected chi connectivity index (χ1v) is 7.33. The highest BCUT2D eigenvalue weighted by atomic mass is 16.2. The van der Waals surface area contributed by atoms with Gasteiger partial charge in [0.25, 0.3) is 5.91 Å². The summed E-state index contributed by atoms with van der Waals surface area (Å²) < 4.78 is 0. The molecule has 1 aromatic carbocycles. The third-order valence-corrected chi connectivity index (χ3v) is 4.14. The van der Waals surface area contributed by atoms with Gasteiger partial charge in [0.2, 0.25) is 0 Å². The summed E-state index contributed by atoms with van der Waals surface area (Å²) >= 11 is 0. The van der Waals surface area contributed by atoms with Crippen LogP contribution in [0.3, 0.4) is 0 Å². The Labute approximate surface area is 124 Å². The van der Waals surface area contributed by atoms with E-state index < -0.39 is 0 Å². The molecule has 0 bridgehead atoms. The van der Waals surface area contributed by atoms with E-state index in [9.17, 15) is 4.79 Å². The van der Waals surface area contributed by atoms with Crippen LogP contribution in [0.15, 0.2) is 36.7 Å². The van der Waals surface area contributed by atoms with Crippen LogP contribution in [0.4, 0.5) is 0 Å². The molecule has 0 saturated carbocycles. The van der Waals surface area contributed by atoms with Crippen molar-refractivity contribution in [2.24, 2.45) is 0 Å². The van der Waals surface area contributed by atoms with Crippen LogP contribution in [-0.4, -0.2) is 47.2 Å². The molecule has 5 nitrogen and oxygen atoms in total. The van der Waals surface area contributed by atoms with Gasteiger partial charge in [-0.05, 0) is 43.6 Å². The van der Waals surface area contributed by atoms with Gasteiger partial charge in [-0.2, -0.15) is 5.10 Å². The normalized spacial score (nSPS) is 15.9. The summed E-state index contributed by atoms with van der Waals surface area (Å²) in [6.45, 7) is 1.98. The van der Waals surface area contributed by atoms with Gasteiger partial charge >= 0.3 is 0 Å². The van der Waals surface area contributed by atoms with Crippen molar-refractivity contribution in [3.8, 4) is 11.1 Å². The van der Waals surface area contributed by atoms with Crippen LogP contribution in [-0.2, 0) is 0 Å². The summed E-state index contributed by atoms with van der Waals surface area (Å²) in [5, 5.41) is 10.1. The molecule has 110 valence electrons. The van der Waals surface area contributed by atoms with Gasteiger partial charge in [0.05, 0.1) is 6.20 Å². The van der Waals surface area contributed by atoms with Crippen LogP contribution in [0, 0.1) is 0 Å². The fourth-order valence-electron chi connectivity index (χ4n) is 2.78. The zero-order valence-electron chi connectivity index (χ0n) is 12.2. The van der Waals surface area contributed by atoms with Crippen LogP contribution < -0.4 is 5.32 Å². The van der Waals surface area contributed by atoms with E-state index in [1.807, 2.05) is 42.4 Å². The number of carbonyl (C=O) groups excluding carboxylic acids is 1. The van der Waals surface area contributed by atoms with Crippen LogP contribution >= 0.6 is 0 Å². The van der Waals surface area contributed by atoms with E-state index in [0.29, 0.717) is 6.04 Å². The summed E-state index contributed by atoms with van der Waals surface area (Å²) in [4.78, 5) is 14.4. The zero-order chi connectivity index (χ0) is 14.7. The van der Waals surface area contributed by atoms with E-state index in [0.717, 1.165) is 42.6 Å². The predicted molar refractivity (Wildman–Crippen MR) is 82.0 cm³/mol. The molecule has 1 saturated heterocycles. The van der Waals surface area contributed by atoms with E-state index in [1.54, 1.807) is 6.20 Å². The van der Waals surface area contributed by atoms with Crippen LogP contribution in [0.25, 0.3) is 11.1 Å². The van der Waals surface area contributed by atoms with Gasteiger partial charge in [-0.25, -0.2) is 0 Å². The Balaban J connectivity index is 1.72. The second-order valence-corrected chi connectivity index (χ2v) is 5.46. The summed E-state index contributed by atoms with van der Waals surface area (Å²) in [5.74, 6) is 0.0978. The lowest BCUT2D eigenvalue weighted by atomic mass is 10.0. The molecular formula is C16H20N4O. The maximum Gasteiger partial charge on any atom is 0.253 e. The Morgan fingerprint density at radius 3 is 2.52 bits per heavy atom. The van der Waals surface area contributed by atoms with Crippen molar-refractivity contribution in [3.05, 3.63) is 42.2 Å². The Kier molecular flexibility index (Phi) is 4.01. The number of rotatable bonds is 3. The second kappa shape index (κ2) is 6.10. The lowest BCUT2D eigenvalue weighted by Gasteiger charge is -2.31. The van der Waals surface area contributed by atoms with Gasteiger partial charge in [0.1, 0.15) is 0 Å². The largest absolute Gasteiger partial charge is 0.339 e. The number of H-pyrrole nitrogens is 1. The SMILES string of the molecule is CN(C(=O)c1ccc(-c2cn[nH]c2)cc1)C1CCNCC1. The minimum absolute atomic E-state index is 0.0978. The minimum atomic E-state index is 0.0978. The average molecular weight is 284 g/mol. The maximum absolute atomic E-state index is 12.5. The molecule has 5 heteroatoms. The zero-order valence-corrected chi connectivity index (χ0v) is 12.2. The molecular weight excluding hydrogens is 264 g/mol. The topological polar surface area (TPSA) is 61.0 Å². The number of nitrogens with zero attached hydrogens (tertiary/aromatic N) is 2. The molecule has 0 unspecified atom stereocenters. The van der Waals surface area contributed by atoms with E-state index in [4.69, 9.17) is 0 Å². The molecule has 21 heavy (non-hydrogen) atoms. The molecule has 1 aliphatic rings. The standard InChI is InChI=1S/C16H20N4O/c1-20(15-6-8-17-9-7-15)16(21)13-4-2-12(3-5-13)14-10-18-19-11-14/h2-5,10-11,15,17H,6-9H2,1H3,(H,18,19). The molecule has 1 aliphatic heterocycles. The summed E-state index contributed by atoms with van der Waals surface area (Å²) in [5.41, 5.74) is 2.83. The number of benzene rings is 1. The van der Waals surface area contributed by atoms with E-state index in [2.05, 4.69) is 15.5 Å². The molecule has 2 heterocycles. The van der Waals surface area contributed by atoms with Crippen molar-refractivity contribution >= 4 is 5.91 Å². The molecule has 0 spiro atoms. The molecule has 2 aromatic rings. The highest BCUT2D eigenvalue weighted by molar-refractivity contribution is 5.94. The predicted octanol–water partition coefficient (Wildman–Crippen LogP) is 1.90. The minimum Gasteiger partial charge on any atom is -0.339 e. The van der Waals surface area contributed by atoms with Gasteiger partial charge in [0, 0.05) is 30.4 Å². The molecule has 0 radical (unpaired) electrons. The number of carbonyl (C=O) groups is 1. The molecule has 1 aromatic heterocycles. The Hall–Kier alpha value is -2.14. The number of amides is 1. The Morgan fingerprint density at radius 2 is 1.90 bits per heavy atom. The van der Waals surface area contributed by atoms with Crippen LogP contribution in [0.5, 0.6) is 0 Å². The van der Waals surface area contributed by atoms with Crippen molar-refractivity contribution in [1.29, 1.82) is 0 Å². The summed E-state index contributed by atoms with van der Waals surface area (Å²) in [7, 11) is 1.91. The van der Waals surface area contributed by atoms with Gasteiger partial charge in [0.15, 0.2) is 0 Å². The monoisotopic (exact) mass is 284 g/mol. The van der Waals surface area contributed by atoms with E-state index >= 15 is 0 Å². The average Bonchev–Trinajstić information content (AvgIpc) is 3.09. The van der Waals surface area contributed by atoms with Crippen LogP contribution in [0.1, 0.15) is 23.2 Å². The molecule has 2 N–H and O–H groups in total. The first kappa shape index (κ1) is 13.8. The third-order valence-electron chi connectivity index (χ3n) is 4.14. The summed E-state index contributed by atoms with van der Waals surface area (Å²) in [6, 6.07) is 8.06. The van der Waals surface area contributed by atoms with Gasteiger partial charge in [-0.1, -0.05) is 12.1 Å². The Morgan fingerprint density at radius 1 is 1.19 bits per heavy atom. The highest BCUT2D eigenvalue weighted by Crippen LogP contribution is 2.19. The smallest absolute Gasteiger partial charge is 0.253 e. The molecule has 3 rings (SSSR count). The number of aromatic amines is 1. The van der Waals surface area contributed by atoms with E-state index in [1.165, 1.54) is 0 Å². The van der Waals surface area contributed by atoms with Crippen molar-refractivity contribution in [1.82, 2.24) is 20.4 Å². The number of hydrogen-bond donors (Lipinski definition) is 2. The highest BCUT2D eigenvalue weighted by Gasteiger charge is 2.22. The van der Waals surface area contributed by atoms with Crippen LogP contribution in [0.2, 0.25) is 0 Å². The fourth-order valence-corrected chi connectivity index (χ4v) is 2.78. The maximum atomic E-state index is 12.5. The number of piperidine rings is 1. The lowest BCUT2D eigenvalue weighted by Crippen LogP contribution is -2.43. The van der Waals surface area contributed by atoms with Gasteiger partial charge in [-0.15, -0.1) is 0 Å². The first-order valence-electron chi connectivity index (χ1n) is 7.33. The van der Waals surface area contributed by atoms with Crippen molar-refractivity contribution in [2.75, 3.05) is 20.1 Å². The number of aromatic nitrogens is 2. The fraction of sp³-hybridized carbons (Fsp3) is 0.375. The van der Waals surface area contributed by atoms with Crippen molar-refractivity contribution in [2.45, 2.75) is 18.9 Å². The summed E-state index contributed by atoms with van der Waals surface area (Å²) in [6.07, 6.45) is 5.67. The lowest BCUT2D eigenvalue weighted by molar-refractivity contribution is 0.0703. The van der Waals surface area contributed by atoms with Gasteiger partial charge in [-0.3, -0.25) is 9.89 Å². The quantitative estimate of drug-likeness (QED) is 0.905. The van der Waals surface area contributed by atoms with E-state index in [-0.39, 0.29) is 5.91 Å². The second-order valence-electron chi connectivity index (χ2n) is 5.46. The third kappa shape index (κ3) is 2.97. The molecule has 1 fully saturated rings. The first-order chi connectivity index (χ1) is 10.3. The number of hydrogen-bond acceptors (Lipinski definition) is 3. The van der Waals surface area contributed by atoms with Crippen molar-refractivity contribution < 1.29 is 4.79 Å².